The highest BCUT2D eigenvalue weighted by Gasteiger charge is 2.18. The lowest BCUT2D eigenvalue weighted by Crippen LogP contribution is -2.32. The molecule has 1 amide bonds. The number of benzene rings is 2. The summed E-state index contributed by atoms with van der Waals surface area (Å²) in [6.07, 6.45) is 0.798. The Kier molecular flexibility index (Phi) is 6.49. The second-order valence-corrected chi connectivity index (χ2v) is 7.18. The Morgan fingerprint density at radius 2 is 1.89 bits per heavy atom. The van der Waals surface area contributed by atoms with Crippen LogP contribution in [0.15, 0.2) is 64.2 Å². The molecule has 1 atom stereocenters. The second kappa shape index (κ2) is 9.23. The van der Waals surface area contributed by atoms with Gasteiger partial charge in [0.2, 0.25) is 11.8 Å². The van der Waals surface area contributed by atoms with Crippen LogP contribution in [0, 0.1) is 0 Å². The number of rotatable bonds is 8. The minimum atomic E-state index is -0.329. The average Bonchev–Trinajstić information content (AvgIpc) is 3.17. The number of aromatic nitrogens is 2. The van der Waals surface area contributed by atoms with E-state index in [1.807, 2.05) is 61.5 Å². The maximum atomic E-state index is 12.2. The van der Waals surface area contributed by atoms with Crippen molar-refractivity contribution in [1.82, 2.24) is 15.5 Å². The summed E-state index contributed by atoms with van der Waals surface area (Å²) in [5, 5.41) is 11.0. The molecule has 0 bridgehead atoms. The maximum Gasteiger partial charge on any atom is 0.277 e. The molecule has 0 radical (unpaired) electrons. The van der Waals surface area contributed by atoms with Gasteiger partial charge in [0.25, 0.3) is 5.22 Å². The highest BCUT2D eigenvalue weighted by molar-refractivity contribution is 8.00. The Morgan fingerprint density at radius 3 is 2.59 bits per heavy atom. The predicted octanol–water partition coefficient (Wildman–Crippen LogP) is 3.58. The van der Waals surface area contributed by atoms with E-state index in [9.17, 15) is 4.79 Å². The van der Waals surface area contributed by atoms with Crippen LogP contribution in [0.4, 0.5) is 0 Å². The fourth-order valence-electron chi connectivity index (χ4n) is 2.43. The standard InChI is InChI=1S/C20H21N3O3S/c1-14(18(24)21-13-12-15-6-4-3-5-7-15)27-20-23-22-19(26-20)16-8-10-17(25-2)11-9-16/h3-11,14H,12-13H2,1-2H3,(H,21,24). The average molecular weight is 383 g/mol. The molecule has 0 aliphatic heterocycles. The molecule has 1 aromatic heterocycles. The van der Waals surface area contributed by atoms with Gasteiger partial charge in [-0.05, 0) is 43.2 Å². The monoisotopic (exact) mass is 383 g/mol. The molecule has 140 valence electrons. The van der Waals surface area contributed by atoms with E-state index < -0.39 is 0 Å². The SMILES string of the molecule is COc1ccc(-c2nnc(SC(C)C(=O)NCCc3ccccc3)o2)cc1. The van der Waals surface area contributed by atoms with Gasteiger partial charge in [0.15, 0.2) is 0 Å². The van der Waals surface area contributed by atoms with Gasteiger partial charge in [0.05, 0.1) is 12.4 Å². The number of carbonyl (C=O) groups excluding carboxylic acids is 1. The molecule has 0 saturated heterocycles. The zero-order chi connectivity index (χ0) is 19.1. The van der Waals surface area contributed by atoms with Gasteiger partial charge < -0.3 is 14.5 Å². The van der Waals surface area contributed by atoms with Crippen molar-refractivity contribution in [2.24, 2.45) is 0 Å². The highest BCUT2D eigenvalue weighted by atomic mass is 32.2. The van der Waals surface area contributed by atoms with Crippen LogP contribution in [0.1, 0.15) is 12.5 Å². The lowest BCUT2D eigenvalue weighted by Gasteiger charge is -2.09. The van der Waals surface area contributed by atoms with Gasteiger partial charge in [-0.25, -0.2) is 0 Å². The van der Waals surface area contributed by atoms with E-state index in [0.29, 0.717) is 17.7 Å². The van der Waals surface area contributed by atoms with E-state index in [4.69, 9.17) is 9.15 Å². The van der Waals surface area contributed by atoms with Gasteiger partial charge in [-0.3, -0.25) is 4.79 Å². The molecule has 0 spiro atoms. The van der Waals surface area contributed by atoms with Crippen LogP contribution in [0.2, 0.25) is 0 Å². The molecule has 1 heterocycles. The summed E-state index contributed by atoms with van der Waals surface area (Å²) < 4.78 is 10.8. The van der Waals surface area contributed by atoms with E-state index >= 15 is 0 Å². The Hall–Kier alpha value is -2.80. The van der Waals surface area contributed by atoms with E-state index in [2.05, 4.69) is 15.5 Å². The zero-order valence-electron chi connectivity index (χ0n) is 15.2. The third-order valence-corrected chi connectivity index (χ3v) is 4.88. The van der Waals surface area contributed by atoms with Crippen molar-refractivity contribution < 1.29 is 13.9 Å². The quantitative estimate of drug-likeness (QED) is 0.599. The third kappa shape index (κ3) is 5.34. The fraction of sp³-hybridized carbons (Fsp3) is 0.250. The Morgan fingerprint density at radius 1 is 1.15 bits per heavy atom. The van der Waals surface area contributed by atoms with Crippen LogP contribution >= 0.6 is 11.8 Å². The largest absolute Gasteiger partial charge is 0.497 e. The summed E-state index contributed by atoms with van der Waals surface area (Å²) in [7, 11) is 1.61. The van der Waals surface area contributed by atoms with Crippen LogP contribution < -0.4 is 10.1 Å². The molecule has 0 aliphatic rings. The van der Waals surface area contributed by atoms with Crippen molar-refractivity contribution >= 4 is 17.7 Å². The van der Waals surface area contributed by atoms with Crippen molar-refractivity contribution in [3.05, 3.63) is 60.2 Å². The molecular formula is C20H21N3O3S. The van der Waals surface area contributed by atoms with E-state index in [0.717, 1.165) is 17.7 Å². The highest BCUT2D eigenvalue weighted by Crippen LogP contribution is 2.27. The van der Waals surface area contributed by atoms with Gasteiger partial charge in [-0.1, -0.05) is 42.1 Å². The Labute approximate surface area is 162 Å². The topological polar surface area (TPSA) is 77.2 Å². The molecule has 3 aromatic rings. The summed E-state index contributed by atoms with van der Waals surface area (Å²) in [5.41, 5.74) is 1.99. The first-order valence-electron chi connectivity index (χ1n) is 8.62. The number of amides is 1. The summed E-state index contributed by atoms with van der Waals surface area (Å²) in [6.45, 7) is 2.41. The first kappa shape index (κ1) is 19.0. The van der Waals surface area contributed by atoms with Crippen molar-refractivity contribution in [3.8, 4) is 17.2 Å². The van der Waals surface area contributed by atoms with Gasteiger partial charge in [-0.2, -0.15) is 0 Å². The van der Waals surface area contributed by atoms with E-state index in [-0.39, 0.29) is 11.2 Å². The smallest absolute Gasteiger partial charge is 0.277 e. The van der Waals surface area contributed by atoms with Crippen LogP contribution in [0.25, 0.3) is 11.5 Å². The lowest BCUT2D eigenvalue weighted by atomic mass is 10.1. The second-order valence-electron chi connectivity index (χ2n) is 5.89. The van der Waals surface area contributed by atoms with Crippen molar-refractivity contribution in [3.63, 3.8) is 0 Å². The molecule has 0 fully saturated rings. The van der Waals surface area contributed by atoms with Gasteiger partial charge >= 0.3 is 0 Å². The van der Waals surface area contributed by atoms with E-state index in [1.165, 1.54) is 17.3 Å². The lowest BCUT2D eigenvalue weighted by molar-refractivity contribution is -0.120. The zero-order valence-corrected chi connectivity index (χ0v) is 16.0. The van der Waals surface area contributed by atoms with Crippen molar-refractivity contribution in [2.75, 3.05) is 13.7 Å². The summed E-state index contributed by atoms with van der Waals surface area (Å²) in [5.74, 6) is 1.12. The molecule has 6 nitrogen and oxygen atoms in total. The number of carbonyl (C=O) groups is 1. The number of hydrogen-bond acceptors (Lipinski definition) is 6. The normalized spacial score (nSPS) is 11.8. The molecule has 2 aromatic carbocycles. The predicted molar refractivity (Wildman–Crippen MR) is 105 cm³/mol. The number of nitrogens with one attached hydrogen (secondary N) is 1. The van der Waals surface area contributed by atoms with E-state index in [1.54, 1.807) is 7.11 Å². The number of thioether (sulfide) groups is 1. The minimum Gasteiger partial charge on any atom is -0.497 e. The molecule has 1 N–H and O–H groups in total. The number of methoxy groups -OCH3 is 1. The Bertz CT molecular complexity index is 866. The maximum absolute atomic E-state index is 12.2. The summed E-state index contributed by atoms with van der Waals surface area (Å²) in [6, 6.07) is 17.4. The molecule has 0 aliphatic carbocycles. The first-order valence-corrected chi connectivity index (χ1v) is 9.50. The molecule has 0 saturated carbocycles. The minimum absolute atomic E-state index is 0.0554. The van der Waals surface area contributed by atoms with Gasteiger partial charge in [-0.15, -0.1) is 10.2 Å². The number of hydrogen-bond donors (Lipinski definition) is 1. The van der Waals surface area contributed by atoms with Crippen molar-refractivity contribution in [2.45, 2.75) is 23.8 Å². The van der Waals surface area contributed by atoms with Crippen LogP contribution in [0.5, 0.6) is 5.75 Å². The molecule has 1 unspecified atom stereocenters. The Balaban J connectivity index is 1.50. The van der Waals surface area contributed by atoms with Gasteiger partial charge in [0, 0.05) is 12.1 Å². The summed E-state index contributed by atoms with van der Waals surface area (Å²) in [4.78, 5) is 12.2. The number of ether oxygens (including phenoxy) is 1. The molecular weight excluding hydrogens is 362 g/mol. The van der Waals surface area contributed by atoms with Crippen LogP contribution in [-0.2, 0) is 11.2 Å². The van der Waals surface area contributed by atoms with Crippen LogP contribution in [-0.4, -0.2) is 35.0 Å². The molecule has 7 heteroatoms. The number of nitrogens with zero attached hydrogens (tertiary/aromatic N) is 2. The molecule has 3 rings (SSSR count). The fourth-order valence-corrected chi connectivity index (χ4v) is 3.14. The van der Waals surface area contributed by atoms with Crippen molar-refractivity contribution in [1.29, 1.82) is 0 Å². The third-order valence-electron chi connectivity index (χ3n) is 3.95. The van der Waals surface area contributed by atoms with Crippen LogP contribution in [0.3, 0.4) is 0 Å². The molecule has 27 heavy (non-hydrogen) atoms. The van der Waals surface area contributed by atoms with Gasteiger partial charge in [0.1, 0.15) is 5.75 Å². The summed E-state index contributed by atoms with van der Waals surface area (Å²) >= 11 is 1.24. The first-order chi connectivity index (χ1) is 13.2.